The van der Waals surface area contributed by atoms with Gasteiger partial charge in [0.1, 0.15) is 11.3 Å². The van der Waals surface area contributed by atoms with E-state index in [1.807, 2.05) is 62.0 Å². The van der Waals surface area contributed by atoms with Crippen molar-refractivity contribution >= 4 is 22.4 Å². The summed E-state index contributed by atoms with van der Waals surface area (Å²) in [6.45, 7) is 8.53. The fourth-order valence-corrected chi connectivity index (χ4v) is 3.73. The number of rotatable bonds is 7. The number of carbonyl (C=O) groups is 1. The largest absolute Gasteiger partial charge is 0.367 e. The summed E-state index contributed by atoms with van der Waals surface area (Å²) in [5.41, 5.74) is 1.91. The van der Waals surface area contributed by atoms with E-state index in [0.717, 1.165) is 11.3 Å². The highest BCUT2D eigenvalue weighted by Crippen LogP contribution is 2.29. The van der Waals surface area contributed by atoms with Gasteiger partial charge in [0.25, 0.3) is 5.91 Å². The molecule has 0 unspecified atom stereocenters. The maximum absolute atomic E-state index is 12.7. The van der Waals surface area contributed by atoms with Gasteiger partial charge in [0, 0.05) is 30.5 Å². The van der Waals surface area contributed by atoms with E-state index >= 15 is 0 Å². The molecule has 27 heavy (non-hydrogen) atoms. The fourth-order valence-electron chi connectivity index (χ4n) is 2.86. The van der Waals surface area contributed by atoms with Crippen LogP contribution in [0.5, 0.6) is 0 Å². The Bertz CT molecular complexity index is 900. The molecule has 0 radical (unpaired) electrons. The van der Waals surface area contributed by atoms with Crippen molar-refractivity contribution in [2.24, 2.45) is 0 Å². The molecule has 0 aliphatic heterocycles. The van der Waals surface area contributed by atoms with E-state index in [2.05, 4.69) is 15.3 Å². The second-order valence-electron chi connectivity index (χ2n) is 7.05. The van der Waals surface area contributed by atoms with E-state index in [0.29, 0.717) is 17.4 Å². The van der Waals surface area contributed by atoms with Crippen LogP contribution in [0.1, 0.15) is 49.4 Å². The first-order valence-electron chi connectivity index (χ1n) is 8.84. The van der Waals surface area contributed by atoms with E-state index in [1.165, 1.54) is 11.3 Å². The summed E-state index contributed by atoms with van der Waals surface area (Å²) in [5, 5.41) is 5.38. The van der Waals surface area contributed by atoms with Gasteiger partial charge in [-0.1, -0.05) is 6.07 Å². The van der Waals surface area contributed by atoms with Crippen LogP contribution in [-0.2, 0) is 16.9 Å². The Morgan fingerprint density at radius 2 is 2.15 bits per heavy atom. The highest BCUT2D eigenvalue weighted by Gasteiger charge is 2.26. The van der Waals surface area contributed by atoms with Crippen LogP contribution in [0.25, 0.3) is 0 Å². The van der Waals surface area contributed by atoms with Gasteiger partial charge < -0.3 is 9.30 Å². The molecule has 6 nitrogen and oxygen atoms in total. The Morgan fingerprint density at radius 3 is 2.85 bits per heavy atom. The fraction of sp³-hybridized carbons (Fsp3) is 0.350. The molecule has 3 aromatic heterocycles. The predicted octanol–water partition coefficient (Wildman–Crippen LogP) is 4.30. The Kier molecular flexibility index (Phi) is 5.72. The van der Waals surface area contributed by atoms with Crippen LogP contribution in [-0.4, -0.2) is 26.5 Å². The molecule has 1 N–H and O–H groups in total. The van der Waals surface area contributed by atoms with Crippen LogP contribution in [0.4, 0.5) is 5.13 Å². The maximum Gasteiger partial charge on any atom is 0.274 e. The summed E-state index contributed by atoms with van der Waals surface area (Å²) in [6.07, 6.45) is 5.51. The number of thiazole rings is 1. The van der Waals surface area contributed by atoms with E-state index < -0.39 is 5.60 Å². The lowest BCUT2D eigenvalue weighted by molar-refractivity contribution is -0.0623. The van der Waals surface area contributed by atoms with Crippen molar-refractivity contribution in [3.05, 3.63) is 65.2 Å². The van der Waals surface area contributed by atoms with Crippen molar-refractivity contribution in [2.45, 2.75) is 45.9 Å². The second-order valence-corrected chi connectivity index (χ2v) is 7.91. The summed E-state index contributed by atoms with van der Waals surface area (Å²) in [4.78, 5) is 21.4. The van der Waals surface area contributed by atoms with Gasteiger partial charge in [0.15, 0.2) is 5.13 Å². The normalized spacial score (nSPS) is 11.7. The van der Waals surface area contributed by atoms with Crippen LogP contribution in [0.3, 0.4) is 0 Å². The molecular formula is C20H24N4O2S. The lowest BCUT2D eigenvalue weighted by Crippen LogP contribution is -2.26. The number of hydrogen-bond acceptors (Lipinski definition) is 5. The number of amides is 1. The Morgan fingerprint density at radius 1 is 1.33 bits per heavy atom. The van der Waals surface area contributed by atoms with Gasteiger partial charge >= 0.3 is 0 Å². The van der Waals surface area contributed by atoms with Crippen LogP contribution in [0, 0.1) is 0 Å². The summed E-state index contributed by atoms with van der Waals surface area (Å²) in [5.74, 6) is -0.188. The molecular weight excluding hydrogens is 360 g/mol. The number of nitrogens with one attached hydrogen (secondary N) is 1. The molecule has 3 aromatic rings. The Hall–Kier alpha value is -2.51. The zero-order valence-corrected chi connectivity index (χ0v) is 16.8. The standard InChI is InChI=1S/C20H24N4O2S/c1-14(2)26-20(3,4)17-13-27-19(22-17)23-18(25)16-8-6-10-24(16)12-15-7-5-9-21-11-15/h5-11,13-14H,12H2,1-4H3,(H,22,23,25). The van der Waals surface area contributed by atoms with Crippen molar-refractivity contribution in [3.63, 3.8) is 0 Å². The Labute approximate surface area is 163 Å². The molecule has 0 atom stereocenters. The number of ether oxygens (including phenoxy) is 1. The smallest absolute Gasteiger partial charge is 0.274 e. The lowest BCUT2D eigenvalue weighted by Gasteiger charge is -2.25. The van der Waals surface area contributed by atoms with Crippen molar-refractivity contribution in [1.29, 1.82) is 0 Å². The van der Waals surface area contributed by atoms with Gasteiger partial charge in [-0.25, -0.2) is 4.98 Å². The summed E-state index contributed by atoms with van der Waals surface area (Å²) in [6, 6.07) is 7.53. The van der Waals surface area contributed by atoms with E-state index in [-0.39, 0.29) is 12.0 Å². The minimum atomic E-state index is -0.506. The van der Waals surface area contributed by atoms with Crippen molar-refractivity contribution in [2.75, 3.05) is 5.32 Å². The van der Waals surface area contributed by atoms with Crippen molar-refractivity contribution in [3.8, 4) is 0 Å². The van der Waals surface area contributed by atoms with E-state index in [4.69, 9.17) is 4.74 Å². The average molecular weight is 385 g/mol. The zero-order chi connectivity index (χ0) is 19.4. The number of pyridine rings is 1. The molecule has 0 saturated carbocycles. The molecule has 0 saturated heterocycles. The third-order valence-corrected chi connectivity index (χ3v) is 4.77. The highest BCUT2D eigenvalue weighted by atomic mass is 32.1. The number of hydrogen-bond donors (Lipinski definition) is 1. The first kappa shape index (κ1) is 19.3. The first-order chi connectivity index (χ1) is 12.8. The number of carbonyl (C=O) groups excluding carboxylic acids is 1. The summed E-state index contributed by atoms with van der Waals surface area (Å²) >= 11 is 1.40. The molecule has 0 aliphatic rings. The SMILES string of the molecule is CC(C)OC(C)(C)c1csc(NC(=O)c2cccn2Cc2cccnc2)n1. The predicted molar refractivity (Wildman–Crippen MR) is 107 cm³/mol. The molecule has 7 heteroatoms. The summed E-state index contributed by atoms with van der Waals surface area (Å²) in [7, 11) is 0. The monoisotopic (exact) mass is 384 g/mol. The first-order valence-corrected chi connectivity index (χ1v) is 9.72. The molecule has 1 amide bonds. The average Bonchev–Trinajstić information content (AvgIpc) is 3.24. The molecule has 0 aliphatic carbocycles. The minimum Gasteiger partial charge on any atom is -0.367 e. The minimum absolute atomic E-state index is 0.0931. The van der Waals surface area contributed by atoms with Gasteiger partial charge in [0.05, 0.1) is 11.8 Å². The third kappa shape index (κ3) is 4.81. The molecule has 3 rings (SSSR count). The second kappa shape index (κ2) is 8.02. The van der Waals surface area contributed by atoms with Crippen LogP contribution < -0.4 is 5.32 Å². The van der Waals surface area contributed by atoms with Gasteiger partial charge in [0.2, 0.25) is 0 Å². The third-order valence-electron chi connectivity index (χ3n) is 4.01. The zero-order valence-electron chi connectivity index (χ0n) is 16.0. The van der Waals surface area contributed by atoms with E-state index in [1.54, 1.807) is 18.5 Å². The molecule has 0 fully saturated rings. The molecule has 3 heterocycles. The number of aromatic nitrogens is 3. The number of nitrogens with zero attached hydrogens (tertiary/aromatic N) is 3. The maximum atomic E-state index is 12.7. The van der Waals surface area contributed by atoms with Crippen LogP contribution >= 0.6 is 11.3 Å². The molecule has 142 valence electrons. The van der Waals surface area contributed by atoms with Gasteiger partial charge in [-0.2, -0.15) is 0 Å². The topological polar surface area (TPSA) is 69.0 Å². The van der Waals surface area contributed by atoms with Gasteiger partial charge in [-0.15, -0.1) is 11.3 Å². The number of anilines is 1. The van der Waals surface area contributed by atoms with Gasteiger partial charge in [-0.3, -0.25) is 15.1 Å². The van der Waals surface area contributed by atoms with Crippen LogP contribution in [0.15, 0.2) is 48.2 Å². The molecule has 0 aromatic carbocycles. The van der Waals surface area contributed by atoms with Gasteiger partial charge in [-0.05, 0) is 51.5 Å². The van der Waals surface area contributed by atoms with Crippen LogP contribution in [0.2, 0.25) is 0 Å². The van der Waals surface area contributed by atoms with Crippen molar-refractivity contribution < 1.29 is 9.53 Å². The Balaban J connectivity index is 1.71. The molecule has 0 spiro atoms. The summed E-state index contributed by atoms with van der Waals surface area (Å²) < 4.78 is 7.82. The highest BCUT2D eigenvalue weighted by molar-refractivity contribution is 7.14. The van der Waals surface area contributed by atoms with E-state index in [9.17, 15) is 4.79 Å². The molecule has 0 bridgehead atoms. The van der Waals surface area contributed by atoms with Crippen molar-refractivity contribution in [1.82, 2.24) is 14.5 Å². The lowest BCUT2D eigenvalue weighted by atomic mass is 10.1. The quantitative estimate of drug-likeness (QED) is 0.659.